The Morgan fingerprint density at radius 2 is 1.76 bits per heavy atom. The highest BCUT2D eigenvalue weighted by atomic mass is 16.5. The van der Waals surface area contributed by atoms with Crippen LogP contribution in [0.4, 0.5) is 0 Å². The van der Waals surface area contributed by atoms with Crippen LogP contribution in [0.5, 0.6) is 5.75 Å². The van der Waals surface area contributed by atoms with E-state index in [9.17, 15) is 9.59 Å². The molecule has 6 heteroatoms. The van der Waals surface area contributed by atoms with E-state index in [2.05, 4.69) is 0 Å². The zero-order valence-corrected chi connectivity index (χ0v) is 11.5. The van der Waals surface area contributed by atoms with Crippen molar-refractivity contribution >= 4 is 33.7 Å². The molecular formula is C15H12O6. The first-order valence-corrected chi connectivity index (χ1v) is 6.34. The van der Waals surface area contributed by atoms with Crippen molar-refractivity contribution in [2.24, 2.45) is 0 Å². The van der Waals surface area contributed by atoms with E-state index in [1.807, 2.05) is 0 Å². The number of benzene rings is 1. The number of fused-ring (bicyclic) bond motifs is 2. The largest absolute Gasteiger partial charge is 0.492 e. The summed E-state index contributed by atoms with van der Waals surface area (Å²) in [5, 5.41) is 1.01. The van der Waals surface area contributed by atoms with Gasteiger partial charge in [0.25, 0.3) is 5.78 Å². The van der Waals surface area contributed by atoms with E-state index in [4.69, 9.17) is 18.3 Å². The van der Waals surface area contributed by atoms with Gasteiger partial charge in [-0.1, -0.05) is 0 Å². The van der Waals surface area contributed by atoms with Crippen molar-refractivity contribution in [1.82, 2.24) is 0 Å². The molecule has 108 valence electrons. The molecule has 0 amide bonds. The lowest BCUT2D eigenvalue weighted by Crippen LogP contribution is -2.18. The minimum atomic E-state index is -0.928. The van der Waals surface area contributed by atoms with E-state index in [0.717, 1.165) is 0 Å². The monoisotopic (exact) mass is 288 g/mol. The van der Waals surface area contributed by atoms with Crippen LogP contribution in [-0.4, -0.2) is 25.5 Å². The smallest absolute Gasteiger partial charge is 0.379 e. The van der Waals surface area contributed by atoms with E-state index < -0.39 is 11.8 Å². The average molecular weight is 288 g/mol. The van der Waals surface area contributed by atoms with Crippen LogP contribution in [0.25, 0.3) is 21.9 Å². The maximum atomic E-state index is 12.3. The third-order valence-corrected chi connectivity index (χ3v) is 3.17. The maximum Gasteiger partial charge on any atom is 0.379 e. The van der Waals surface area contributed by atoms with Crippen LogP contribution in [0.15, 0.2) is 33.5 Å². The molecule has 0 bridgehead atoms. The van der Waals surface area contributed by atoms with E-state index >= 15 is 0 Å². The summed E-state index contributed by atoms with van der Waals surface area (Å²) in [4.78, 5) is 24.1. The number of carbonyl (C=O) groups is 2. The molecule has 6 nitrogen and oxygen atoms in total. The quantitative estimate of drug-likeness (QED) is 0.417. The molecule has 0 atom stereocenters. The molecule has 3 rings (SSSR count). The van der Waals surface area contributed by atoms with Gasteiger partial charge in [0.1, 0.15) is 5.58 Å². The summed E-state index contributed by atoms with van der Waals surface area (Å²) in [7, 11) is 1.50. The fourth-order valence-electron chi connectivity index (χ4n) is 2.34. The van der Waals surface area contributed by atoms with Crippen molar-refractivity contribution in [3.63, 3.8) is 0 Å². The second-order valence-electron chi connectivity index (χ2n) is 4.28. The molecule has 0 saturated heterocycles. The summed E-state index contributed by atoms with van der Waals surface area (Å²) in [5.41, 5.74) is 0.788. The Kier molecular flexibility index (Phi) is 3.13. The van der Waals surface area contributed by atoms with Gasteiger partial charge < -0.3 is 18.3 Å². The summed E-state index contributed by atoms with van der Waals surface area (Å²) in [5.74, 6) is -1.24. The highest BCUT2D eigenvalue weighted by Crippen LogP contribution is 2.39. The molecule has 0 fully saturated rings. The third-order valence-electron chi connectivity index (χ3n) is 3.17. The molecule has 3 aromatic rings. The van der Waals surface area contributed by atoms with Crippen molar-refractivity contribution in [2.75, 3.05) is 13.7 Å². The lowest BCUT2D eigenvalue weighted by molar-refractivity contribution is -0.137. The second kappa shape index (κ2) is 4.97. The van der Waals surface area contributed by atoms with Gasteiger partial charge in [-0.15, -0.1) is 0 Å². The Morgan fingerprint density at radius 3 is 2.43 bits per heavy atom. The van der Waals surface area contributed by atoms with Crippen LogP contribution in [0, 0.1) is 0 Å². The van der Waals surface area contributed by atoms with Crippen LogP contribution < -0.4 is 4.74 Å². The Bertz CT molecular complexity index is 787. The van der Waals surface area contributed by atoms with Gasteiger partial charge in [-0.05, 0) is 19.1 Å². The molecule has 2 heterocycles. The van der Waals surface area contributed by atoms with Crippen molar-refractivity contribution in [2.45, 2.75) is 6.92 Å². The molecule has 21 heavy (non-hydrogen) atoms. The maximum absolute atomic E-state index is 12.3. The number of Topliss-reactive ketones (excluding diaryl/α,β-unsaturated/α-hetero) is 1. The van der Waals surface area contributed by atoms with Gasteiger partial charge in [-0.2, -0.15) is 0 Å². The lowest BCUT2D eigenvalue weighted by atomic mass is 10.0. The number of ether oxygens (including phenoxy) is 2. The van der Waals surface area contributed by atoms with Gasteiger partial charge in [0, 0.05) is 5.39 Å². The van der Waals surface area contributed by atoms with Crippen molar-refractivity contribution < 1.29 is 27.9 Å². The number of carbonyl (C=O) groups excluding carboxylic acids is 2. The first-order chi connectivity index (χ1) is 10.2. The highest BCUT2D eigenvalue weighted by molar-refractivity contribution is 6.45. The minimum Gasteiger partial charge on any atom is -0.492 e. The standard InChI is InChI=1S/C15H12O6/c1-3-19-15(17)11(16)10-8-4-6-21-14(8)13(18-2)9-5-7-20-12(9)10/h4-7H,3H2,1-2H3. The molecule has 2 aromatic heterocycles. The van der Waals surface area contributed by atoms with Crippen molar-refractivity contribution in [3.8, 4) is 5.75 Å². The Hall–Kier alpha value is -2.76. The Balaban J connectivity index is 2.34. The SMILES string of the molecule is CCOC(=O)C(=O)c1c2ccoc2c(OC)c2ccoc12. The molecule has 0 radical (unpaired) electrons. The van der Waals surface area contributed by atoms with Gasteiger partial charge >= 0.3 is 5.97 Å². The van der Waals surface area contributed by atoms with Gasteiger partial charge in [0.05, 0.1) is 37.2 Å². The summed E-state index contributed by atoms with van der Waals surface area (Å²) in [6.45, 7) is 1.76. The second-order valence-corrected chi connectivity index (χ2v) is 4.28. The van der Waals surface area contributed by atoms with Crippen LogP contribution in [-0.2, 0) is 9.53 Å². The number of esters is 1. The van der Waals surface area contributed by atoms with E-state index in [-0.39, 0.29) is 17.8 Å². The summed E-state index contributed by atoms with van der Waals surface area (Å²) < 4.78 is 20.8. The predicted octanol–water partition coefficient (Wildman–Crippen LogP) is 2.93. The van der Waals surface area contributed by atoms with Crippen molar-refractivity contribution in [1.29, 1.82) is 0 Å². The number of hydrogen-bond acceptors (Lipinski definition) is 6. The van der Waals surface area contributed by atoms with Gasteiger partial charge in [-0.25, -0.2) is 4.79 Å². The molecule has 0 aliphatic carbocycles. The number of methoxy groups -OCH3 is 1. The number of hydrogen-bond donors (Lipinski definition) is 0. The van der Waals surface area contributed by atoms with Crippen LogP contribution in [0.3, 0.4) is 0 Å². The van der Waals surface area contributed by atoms with Crippen LogP contribution in [0.2, 0.25) is 0 Å². The topological polar surface area (TPSA) is 78.9 Å². The number of rotatable bonds is 4. The Morgan fingerprint density at radius 1 is 1.10 bits per heavy atom. The van der Waals surface area contributed by atoms with Crippen LogP contribution >= 0.6 is 0 Å². The molecule has 0 saturated carbocycles. The van der Waals surface area contributed by atoms with E-state index in [1.165, 1.54) is 19.6 Å². The lowest BCUT2D eigenvalue weighted by Gasteiger charge is -2.07. The molecule has 1 aromatic carbocycles. The average Bonchev–Trinajstić information content (AvgIpc) is 3.12. The van der Waals surface area contributed by atoms with E-state index in [1.54, 1.807) is 19.1 Å². The van der Waals surface area contributed by atoms with Gasteiger partial charge in [0.2, 0.25) is 0 Å². The van der Waals surface area contributed by atoms with Gasteiger partial charge in [-0.3, -0.25) is 4.79 Å². The summed E-state index contributed by atoms with van der Waals surface area (Å²) in [6.07, 6.45) is 2.85. The zero-order valence-electron chi connectivity index (χ0n) is 11.5. The summed E-state index contributed by atoms with van der Waals surface area (Å²) in [6, 6.07) is 3.24. The molecular weight excluding hydrogens is 276 g/mol. The number of furan rings is 2. The van der Waals surface area contributed by atoms with Crippen LogP contribution in [0.1, 0.15) is 17.3 Å². The Labute approximate surface area is 119 Å². The normalized spacial score (nSPS) is 11.0. The molecule has 0 aliphatic rings. The molecule has 0 unspecified atom stereocenters. The van der Waals surface area contributed by atoms with Gasteiger partial charge in [0.15, 0.2) is 11.3 Å². The zero-order chi connectivity index (χ0) is 15.0. The first kappa shape index (κ1) is 13.2. The third kappa shape index (κ3) is 1.87. The molecule has 0 spiro atoms. The van der Waals surface area contributed by atoms with Crippen molar-refractivity contribution in [3.05, 3.63) is 30.2 Å². The van der Waals surface area contributed by atoms with E-state index in [0.29, 0.717) is 22.1 Å². The molecule has 0 N–H and O–H groups in total. The first-order valence-electron chi connectivity index (χ1n) is 6.34. The predicted molar refractivity (Wildman–Crippen MR) is 73.5 cm³/mol. The minimum absolute atomic E-state index is 0.122. The number of ketones is 1. The fourth-order valence-corrected chi connectivity index (χ4v) is 2.34. The highest BCUT2D eigenvalue weighted by Gasteiger charge is 2.28. The summed E-state index contributed by atoms with van der Waals surface area (Å²) >= 11 is 0. The molecule has 0 aliphatic heterocycles. The fraction of sp³-hybridized carbons (Fsp3) is 0.200.